The molecule has 1 saturated heterocycles. The number of hydrogen-bond donors (Lipinski definition) is 0. The molecule has 1 aliphatic heterocycles. The molecule has 40 heavy (non-hydrogen) atoms. The number of ether oxygens (including phenoxy) is 2. The summed E-state index contributed by atoms with van der Waals surface area (Å²) >= 11 is 1.44. The lowest BCUT2D eigenvalue weighted by Gasteiger charge is -2.33. The summed E-state index contributed by atoms with van der Waals surface area (Å²) in [7, 11) is -2.16. The largest absolute Gasteiger partial charge is 0.450 e. The Morgan fingerprint density at radius 3 is 2.40 bits per heavy atom. The predicted octanol–water partition coefficient (Wildman–Crippen LogP) is 3.71. The van der Waals surface area contributed by atoms with Gasteiger partial charge in [-0.3, -0.25) is 4.79 Å². The number of amides is 2. The third-order valence-corrected chi connectivity index (χ3v) is 9.83. The molecule has 1 aliphatic rings. The number of methoxy groups -OCH3 is 1. The van der Waals surface area contributed by atoms with Crippen LogP contribution in [0, 0.1) is 0 Å². The highest BCUT2D eigenvalue weighted by molar-refractivity contribution is 7.89. The monoisotopic (exact) mass is 582 g/mol. The zero-order valence-electron chi connectivity index (χ0n) is 22.3. The van der Waals surface area contributed by atoms with Gasteiger partial charge in [0.2, 0.25) is 10.0 Å². The summed E-state index contributed by atoms with van der Waals surface area (Å²) in [5.41, 5.74) is 1.25. The Labute approximate surface area is 236 Å². The molecule has 0 aliphatic carbocycles. The second-order valence-corrected chi connectivity index (χ2v) is 12.1. The number of carbonyl (C=O) groups is 2. The molecule has 0 unspecified atom stereocenters. The Kier molecular flexibility index (Phi) is 8.31. The van der Waals surface area contributed by atoms with Crippen LogP contribution in [0.5, 0.6) is 0 Å². The summed E-state index contributed by atoms with van der Waals surface area (Å²) in [5.74, 6) is -0.464. The highest BCUT2D eigenvalue weighted by Gasteiger charge is 2.30. The van der Waals surface area contributed by atoms with Crippen molar-refractivity contribution in [3.8, 4) is 0 Å². The van der Waals surface area contributed by atoms with Crippen LogP contribution in [0.1, 0.15) is 17.3 Å². The van der Waals surface area contributed by atoms with Crippen molar-refractivity contribution in [1.82, 2.24) is 13.8 Å². The van der Waals surface area contributed by atoms with Crippen molar-refractivity contribution in [1.29, 1.82) is 0 Å². The van der Waals surface area contributed by atoms with Gasteiger partial charge in [-0.15, -0.1) is 0 Å². The van der Waals surface area contributed by atoms with Gasteiger partial charge in [0.25, 0.3) is 5.91 Å². The minimum atomic E-state index is -3.78. The molecule has 4 aromatic rings. The molecule has 2 amide bonds. The van der Waals surface area contributed by atoms with Crippen molar-refractivity contribution in [3.05, 3.63) is 71.0 Å². The molecule has 0 N–H and O–H groups in total. The van der Waals surface area contributed by atoms with E-state index in [4.69, 9.17) is 9.47 Å². The molecule has 0 bridgehead atoms. The van der Waals surface area contributed by atoms with Crippen molar-refractivity contribution < 1.29 is 27.5 Å². The lowest BCUT2D eigenvalue weighted by Crippen LogP contribution is -2.50. The van der Waals surface area contributed by atoms with Crippen LogP contribution < -0.4 is 4.80 Å². The van der Waals surface area contributed by atoms with Crippen molar-refractivity contribution in [2.24, 2.45) is 4.99 Å². The van der Waals surface area contributed by atoms with Gasteiger partial charge in [0.05, 0.1) is 28.3 Å². The standard InChI is InChI=1S/C28H30N4O6S2/c1-3-38-28(34)30-14-16-31(17-15-30)40(35,36)22-11-8-21(9-12-22)26(33)29-27-32(18-19-37-2)24-13-10-20-6-4-5-7-23(20)25(24)39-27/h4-13H,3,14-19H2,1-2H3. The van der Waals surface area contributed by atoms with Crippen LogP contribution in [0.2, 0.25) is 0 Å². The number of nitrogens with zero attached hydrogens (tertiary/aromatic N) is 4. The topological polar surface area (TPSA) is 111 Å². The van der Waals surface area contributed by atoms with E-state index in [1.54, 1.807) is 14.0 Å². The highest BCUT2D eigenvalue weighted by atomic mass is 32.2. The fourth-order valence-corrected chi connectivity index (χ4v) is 7.29. The number of thiazole rings is 1. The van der Waals surface area contributed by atoms with Gasteiger partial charge in [-0.25, -0.2) is 13.2 Å². The normalized spacial score (nSPS) is 15.2. The van der Waals surface area contributed by atoms with Crippen molar-refractivity contribution in [2.45, 2.75) is 18.4 Å². The van der Waals surface area contributed by atoms with E-state index in [1.165, 1.54) is 44.8 Å². The first-order chi connectivity index (χ1) is 19.3. The Morgan fingerprint density at radius 2 is 1.70 bits per heavy atom. The average Bonchev–Trinajstić information content (AvgIpc) is 3.33. The molecule has 5 rings (SSSR count). The first kappa shape index (κ1) is 28.0. The fourth-order valence-electron chi connectivity index (χ4n) is 4.68. The summed E-state index contributed by atoms with van der Waals surface area (Å²) in [6, 6.07) is 18.0. The maximum absolute atomic E-state index is 13.2. The van der Waals surface area contributed by atoms with E-state index in [0.29, 0.717) is 18.0 Å². The average molecular weight is 583 g/mol. The Bertz CT molecular complexity index is 1720. The molecule has 10 nitrogen and oxygen atoms in total. The smallest absolute Gasteiger partial charge is 0.409 e. The van der Waals surface area contributed by atoms with E-state index in [2.05, 4.69) is 17.1 Å². The number of hydrogen-bond acceptors (Lipinski definition) is 7. The quantitative estimate of drug-likeness (QED) is 0.329. The zero-order valence-corrected chi connectivity index (χ0v) is 23.9. The van der Waals surface area contributed by atoms with Crippen LogP contribution in [0.3, 0.4) is 0 Å². The summed E-state index contributed by atoms with van der Waals surface area (Å²) in [6.45, 7) is 3.81. The van der Waals surface area contributed by atoms with Crippen LogP contribution in [-0.2, 0) is 26.0 Å². The molecule has 0 radical (unpaired) electrons. The number of benzene rings is 3. The minimum absolute atomic E-state index is 0.0807. The summed E-state index contributed by atoms with van der Waals surface area (Å²) in [4.78, 5) is 31.7. The summed E-state index contributed by atoms with van der Waals surface area (Å²) in [5, 5.41) is 2.19. The van der Waals surface area contributed by atoms with Crippen LogP contribution in [-0.4, -0.2) is 80.7 Å². The van der Waals surface area contributed by atoms with Gasteiger partial charge < -0.3 is 18.9 Å². The van der Waals surface area contributed by atoms with Crippen LogP contribution in [0.4, 0.5) is 4.79 Å². The van der Waals surface area contributed by atoms with E-state index in [1.807, 2.05) is 28.8 Å². The third-order valence-electron chi connectivity index (χ3n) is 6.79. The van der Waals surface area contributed by atoms with Crippen molar-refractivity contribution in [3.63, 3.8) is 0 Å². The van der Waals surface area contributed by atoms with Gasteiger partial charge in [-0.05, 0) is 42.6 Å². The van der Waals surface area contributed by atoms with Crippen molar-refractivity contribution >= 4 is 54.3 Å². The molecular weight excluding hydrogens is 552 g/mol. The van der Waals surface area contributed by atoms with Crippen molar-refractivity contribution in [2.75, 3.05) is 46.5 Å². The first-order valence-electron chi connectivity index (χ1n) is 12.9. The highest BCUT2D eigenvalue weighted by Crippen LogP contribution is 2.28. The number of fused-ring (bicyclic) bond motifs is 3. The Balaban J connectivity index is 1.39. The summed E-state index contributed by atoms with van der Waals surface area (Å²) < 4.78 is 41.0. The Morgan fingerprint density at radius 1 is 0.975 bits per heavy atom. The SMILES string of the molecule is CCOC(=O)N1CCN(S(=O)(=O)c2ccc(C(=O)N=c3sc4c5ccccc5ccc4n3CCOC)cc2)CC1. The zero-order chi connectivity index (χ0) is 28.3. The summed E-state index contributed by atoms with van der Waals surface area (Å²) in [6.07, 6.45) is -0.443. The van der Waals surface area contributed by atoms with Gasteiger partial charge in [-0.1, -0.05) is 41.7 Å². The van der Waals surface area contributed by atoms with E-state index in [0.717, 1.165) is 21.0 Å². The van der Waals surface area contributed by atoms with Crippen LogP contribution >= 0.6 is 11.3 Å². The number of sulfonamides is 1. The van der Waals surface area contributed by atoms with Gasteiger partial charge >= 0.3 is 6.09 Å². The van der Waals surface area contributed by atoms with E-state index in [9.17, 15) is 18.0 Å². The van der Waals surface area contributed by atoms with Crippen LogP contribution in [0.25, 0.3) is 21.0 Å². The van der Waals surface area contributed by atoms with E-state index in [-0.39, 0.29) is 43.2 Å². The molecule has 0 spiro atoms. The molecule has 1 aromatic heterocycles. The van der Waals surface area contributed by atoms with Gasteiger partial charge in [0.1, 0.15) is 0 Å². The lowest BCUT2D eigenvalue weighted by molar-refractivity contribution is 0.0933. The molecule has 12 heteroatoms. The molecule has 0 atom stereocenters. The molecule has 3 aromatic carbocycles. The van der Waals surface area contributed by atoms with Crippen LogP contribution in [0.15, 0.2) is 70.6 Å². The van der Waals surface area contributed by atoms with E-state index < -0.39 is 22.0 Å². The lowest BCUT2D eigenvalue weighted by atomic mass is 10.1. The second kappa shape index (κ2) is 11.9. The second-order valence-electron chi connectivity index (χ2n) is 9.20. The molecular formula is C28H30N4O6S2. The molecule has 2 heterocycles. The van der Waals surface area contributed by atoms with Gasteiger partial charge in [-0.2, -0.15) is 9.30 Å². The Hall–Kier alpha value is -3.58. The fraction of sp³-hybridized carbons (Fsp3) is 0.321. The van der Waals surface area contributed by atoms with Gasteiger partial charge in [0, 0.05) is 50.8 Å². The van der Waals surface area contributed by atoms with Gasteiger partial charge in [0.15, 0.2) is 4.80 Å². The maximum atomic E-state index is 13.2. The number of aromatic nitrogens is 1. The number of piperazine rings is 1. The molecule has 210 valence electrons. The number of carbonyl (C=O) groups excluding carboxylic acids is 2. The maximum Gasteiger partial charge on any atom is 0.409 e. The minimum Gasteiger partial charge on any atom is -0.450 e. The van der Waals surface area contributed by atoms with E-state index >= 15 is 0 Å². The predicted molar refractivity (Wildman–Crippen MR) is 153 cm³/mol. The molecule has 0 saturated carbocycles. The first-order valence-corrected chi connectivity index (χ1v) is 15.2. The number of rotatable bonds is 7. The third kappa shape index (κ3) is 5.52. The molecule has 1 fully saturated rings.